The Labute approximate surface area is 172 Å². The van der Waals surface area contributed by atoms with Crippen molar-refractivity contribution in [1.29, 1.82) is 0 Å². The first-order valence-electron chi connectivity index (χ1n) is 8.76. The summed E-state index contributed by atoms with van der Waals surface area (Å²) < 4.78 is 1.88. The van der Waals surface area contributed by atoms with E-state index in [4.69, 9.17) is 28.2 Å². The molecular formula is C22H17Cl2N3O. The summed E-state index contributed by atoms with van der Waals surface area (Å²) in [4.78, 5) is 17.7. The van der Waals surface area contributed by atoms with Crippen LogP contribution in [0.1, 0.15) is 21.5 Å². The fraction of sp³-hybridized carbons (Fsp3) is 0.0909. The summed E-state index contributed by atoms with van der Waals surface area (Å²) in [6.45, 7) is 3.89. The summed E-state index contributed by atoms with van der Waals surface area (Å²) in [7, 11) is 0. The van der Waals surface area contributed by atoms with Gasteiger partial charge in [0, 0.05) is 17.3 Å². The minimum absolute atomic E-state index is 0.192. The van der Waals surface area contributed by atoms with Crippen LogP contribution in [-0.4, -0.2) is 15.3 Å². The number of anilines is 1. The Balaban J connectivity index is 1.88. The molecule has 0 saturated carbocycles. The molecule has 2 heterocycles. The van der Waals surface area contributed by atoms with E-state index < -0.39 is 0 Å². The second-order valence-electron chi connectivity index (χ2n) is 6.59. The zero-order valence-electron chi connectivity index (χ0n) is 15.3. The van der Waals surface area contributed by atoms with Crippen LogP contribution in [0, 0.1) is 13.8 Å². The largest absolute Gasteiger partial charge is 0.306 e. The van der Waals surface area contributed by atoms with Crippen LogP contribution in [0.3, 0.4) is 0 Å². The number of nitrogens with one attached hydrogen (secondary N) is 1. The van der Waals surface area contributed by atoms with Crippen molar-refractivity contribution in [2.24, 2.45) is 0 Å². The number of hydrogen-bond acceptors (Lipinski definition) is 2. The number of aromatic nitrogens is 2. The van der Waals surface area contributed by atoms with Crippen LogP contribution >= 0.6 is 23.2 Å². The Morgan fingerprint density at radius 2 is 1.71 bits per heavy atom. The number of aryl methyl sites for hydroxylation is 2. The summed E-state index contributed by atoms with van der Waals surface area (Å²) in [6.07, 6.45) is 1.88. The number of hydrogen-bond donors (Lipinski definition) is 1. The van der Waals surface area contributed by atoms with Gasteiger partial charge in [0.2, 0.25) is 0 Å². The van der Waals surface area contributed by atoms with Crippen LogP contribution in [0.5, 0.6) is 0 Å². The van der Waals surface area contributed by atoms with E-state index in [1.807, 2.05) is 60.8 Å². The molecular weight excluding hydrogens is 393 g/mol. The molecule has 0 aliphatic carbocycles. The molecule has 1 N–H and O–H groups in total. The van der Waals surface area contributed by atoms with Gasteiger partial charge in [-0.15, -0.1) is 0 Å². The van der Waals surface area contributed by atoms with E-state index in [0.717, 1.165) is 22.3 Å². The number of nitrogens with zero attached hydrogens (tertiary/aromatic N) is 2. The summed E-state index contributed by atoms with van der Waals surface area (Å²) in [6, 6.07) is 16.7. The van der Waals surface area contributed by atoms with Crippen molar-refractivity contribution in [1.82, 2.24) is 9.38 Å². The smallest absolute Gasteiger partial charge is 0.257 e. The molecule has 0 saturated heterocycles. The van der Waals surface area contributed by atoms with E-state index >= 15 is 0 Å². The quantitative estimate of drug-likeness (QED) is 0.439. The predicted molar refractivity (Wildman–Crippen MR) is 115 cm³/mol. The van der Waals surface area contributed by atoms with Gasteiger partial charge in [0.25, 0.3) is 5.91 Å². The van der Waals surface area contributed by atoms with Gasteiger partial charge in [-0.2, -0.15) is 0 Å². The number of benzene rings is 2. The topological polar surface area (TPSA) is 46.4 Å². The summed E-state index contributed by atoms with van der Waals surface area (Å²) >= 11 is 12.3. The van der Waals surface area contributed by atoms with E-state index in [-0.39, 0.29) is 5.91 Å². The molecule has 28 heavy (non-hydrogen) atoms. The van der Waals surface area contributed by atoms with Crippen molar-refractivity contribution in [3.05, 3.63) is 87.5 Å². The van der Waals surface area contributed by atoms with E-state index in [0.29, 0.717) is 27.1 Å². The number of halogens is 2. The standard InChI is InChI=1S/C22H17Cl2N3O/c1-13-6-3-4-8-16(13)22(28)26-21-19(15-9-10-17(23)18(24)12-15)25-20-14(2)7-5-11-27(20)21/h3-12H,1-2H3,(H,26,28). The second kappa shape index (κ2) is 7.30. The SMILES string of the molecule is Cc1ccccc1C(=O)Nc1c(-c2ccc(Cl)c(Cl)c2)nc2c(C)cccn12. The van der Waals surface area contributed by atoms with Gasteiger partial charge >= 0.3 is 0 Å². The maximum absolute atomic E-state index is 13.0. The van der Waals surface area contributed by atoms with Crippen LogP contribution in [0.4, 0.5) is 5.82 Å². The zero-order valence-corrected chi connectivity index (χ0v) is 16.8. The van der Waals surface area contributed by atoms with E-state index in [9.17, 15) is 4.79 Å². The molecule has 1 amide bonds. The lowest BCUT2D eigenvalue weighted by Gasteiger charge is -2.10. The second-order valence-corrected chi connectivity index (χ2v) is 7.41. The highest BCUT2D eigenvalue weighted by Gasteiger charge is 2.19. The normalized spacial score (nSPS) is 11.0. The molecule has 2 aromatic heterocycles. The molecule has 0 unspecified atom stereocenters. The van der Waals surface area contributed by atoms with Gasteiger partial charge in [0.15, 0.2) is 0 Å². The van der Waals surface area contributed by atoms with Crippen molar-refractivity contribution in [3.63, 3.8) is 0 Å². The highest BCUT2D eigenvalue weighted by molar-refractivity contribution is 6.42. The lowest BCUT2D eigenvalue weighted by Crippen LogP contribution is -2.15. The Hall–Kier alpha value is -2.82. The molecule has 0 aliphatic heterocycles. The minimum atomic E-state index is -0.192. The average molecular weight is 410 g/mol. The average Bonchev–Trinajstić information content (AvgIpc) is 3.04. The third-order valence-corrected chi connectivity index (χ3v) is 5.40. The molecule has 6 heteroatoms. The van der Waals surface area contributed by atoms with Crippen molar-refractivity contribution in [3.8, 4) is 11.3 Å². The van der Waals surface area contributed by atoms with Gasteiger partial charge in [0.05, 0.1) is 10.0 Å². The van der Waals surface area contributed by atoms with Crippen molar-refractivity contribution >= 4 is 40.6 Å². The Bertz CT molecular complexity index is 1210. The summed E-state index contributed by atoms with van der Waals surface area (Å²) in [5.74, 6) is 0.396. The Kier molecular flexibility index (Phi) is 4.84. The Morgan fingerprint density at radius 3 is 2.46 bits per heavy atom. The van der Waals surface area contributed by atoms with Crippen LogP contribution in [0.25, 0.3) is 16.9 Å². The van der Waals surface area contributed by atoms with Crippen LogP contribution < -0.4 is 5.32 Å². The summed E-state index contributed by atoms with van der Waals surface area (Å²) in [5, 5.41) is 3.94. The van der Waals surface area contributed by atoms with Crippen molar-refractivity contribution in [2.75, 3.05) is 5.32 Å². The van der Waals surface area contributed by atoms with Crippen LogP contribution in [-0.2, 0) is 0 Å². The highest BCUT2D eigenvalue weighted by atomic mass is 35.5. The maximum Gasteiger partial charge on any atom is 0.257 e. The van der Waals surface area contributed by atoms with Gasteiger partial charge in [-0.25, -0.2) is 4.98 Å². The first-order chi connectivity index (χ1) is 13.5. The van der Waals surface area contributed by atoms with Gasteiger partial charge in [-0.1, -0.05) is 53.5 Å². The zero-order chi connectivity index (χ0) is 19.8. The third-order valence-electron chi connectivity index (χ3n) is 4.66. The van der Waals surface area contributed by atoms with Gasteiger partial charge in [-0.3, -0.25) is 9.20 Å². The third kappa shape index (κ3) is 3.26. The first-order valence-corrected chi connectivity index (χ1v) is 9.51. The minimum Gasteiger partial charge on any atom is -0.306 e. The monoisotopic (exact) mass is 409 g/mol. The predicted octanol–water partition coefficient (Wildman–Crippen LogP) is 6.18. The number of imidazole rings is 1. The molecule has 0 atom stereocenters. The van der Waals surface area contributed by atoms with E-state index in [1.54, 1.807) is 18.2 Å². The first kappa shape index (κ1) is 18.5. The lowest BCUT2D eigenvalue weighted by molar-refractivity contribution is 0.102. The fourth-order valence-electron chi connectivity index (χ4n) is 3.17. The molecule has 2 aromatic carbocycles. The molecule has 0 radical (unpaired) electrons. The van der Waals surface area contributed by atoms with E-state index in [1.165, 1.54) is 0 Å². The number of amides is 1. The van der Waals surface area contributed by atoms with Crippen LogP contribution in [0.2, 0.25) is 10.0 Å². The van der Waals surface area contributed by atoms with Gasteiger partial charge < -0.3 is 5.32 Å². The molecule has 4 rings (SSSR count). The molecule has 0 aliphatic rings. The molecule has 4 aromatic rings. The molecule has 4 nitrogen and oxygen atoms in total. The number of rotatable bonds is 3. The molecule has 0 spiro atoms. The number of fused-ring (bicyclic) bond motifs is 1. The lowest BCUT2D eigenvalue weighted by atomic mass is 10.1. The summed E-state index contributed by atoms with van der Waals surface area (Å²) in [5.41, 5.74) is 4.70. The van der Waals surface area contributed by atoms with Crippen molar-refractivity contribution < 1.29 is 4.79 Å². The van der Waals surface area contributed by atoms with Gasteiger partial charge in [0.1, 0.15) is 17.2 Å². The van der Waals surface area contributed by atoms with Crippen LogP contribution in [0.15, 0.2) is 60.8 Å². The number of pyridine rings is 1. The van der Waals surface area contributed by atoms with Crippen molar-refractivity contribution in [2.45, 2.75) is 13.8 Å². The number of carbonyl (C=O) groups is 1. The number of carbonyl (C=O) groups excluding carboxylic acids is 1. The van der Waals surface area contributed by atoms with E-state index in [2.05, 4.69) is 5.32 Å². The molecule has 0 bridgehead atoms. The fourth-order valence-corrected chi connectivity index (χ4v) is 3.47. The highest BCUT2D eigenvalue weighted by Crippen LogP contribution is 2.34. The van der Waals surface area contributed by atoms with Gasteiger partial charge in [-0.05, 0) is 49.2 Å². The molecule has 0 fully saturated rings. The molecule has 140 valence electrons. The Morgan fingerprint density at radius 1 is 0.964 bits per heavy atom. The maximum atomic E-state index is 13.0.